The maximum atomic E-state index is 12.4. The van der Waals surface area contributed by atoms with Crippen molar-refractivity contribution >= 4 is 41.8 Å². The summed E-state index contributed by atoms with van der Waals surface area (Å²) in [6.45, 7) is 4.69. The average molecular weight is 515 g/mol. The quantitative estimate of drug-likeness (QED) is 0.193. The molecule has 1 saturated heterocycles. The zero-order valence-electron chi connectivity index (χ0n) is 17.3. The Kier molecular flexibility index (Phi) is 12.3. The maximum Gasteiger partial charge on any atom is 0.254 e. The van der Waals surface area contributed by atoms with Crippen molar-refractivity contribution < 1.29 is 9.59 Å². The van der Waals surface area contributed by atoms with E-state index in [0.717, 1.165) is 18.5 Å². The molecule has 162 valence electrons. The summed E-state index contributed by atoms with van der Waals surface area (Å²) in [4.78, 5) is 29.8. The van der Waals surface area contributed by atoms with Crippen LogP contribution in [-0.2, 0) is 11.3 Å². The number of nitrogens with zero attached hydrogens (tertiary/aromatic N) is 2. The number of aliphatic imine (C=N–C) groups is 1. The third kappa shape index (κ3) is 9.47. The summed E-state index contributed by atoms with van der Waals surface area (Å²) >= 11 is 0. The van der Waals surface area contributed by atoms with Gasteiger partial charge in [-0.1, -0.05) is 51.2 Å². The predicted molar refractivity (Wildman–Crippen MR) is 127 cm³/mol. The molecule has 1 aliphatic rings. The van der Waals surface area contributed by atoms with Gasteiger partial charge in [0, 0.05) is 25.2 Å². The molecule has 0 bridgehead atoms. The lowest BCUT2D eigenvalue weighted by Gasteiger charge is -2.26. The van der Waals surface area contributed by atoms with Gasteiger partial charge in [-0.15, -0.1) is 24.0 Å². The summed E-state index contributed by atoms with van der Waals surface area (Å²) in [5.41, 5.74) is 7.48. The van der Waals surface area contributed by atoms with Gasteiger partial charge in [0.05, 0.1) is 13.1 Å². The molecule has 1 aromatic carbocycles. The number of piperazine rings is 1. The van der Waals surface area contributed by atoms with Crippen LogP contribution in [0, 0.1) is 0 Å². The highest BCUT2D eigenvalue weighted by molar-refractivity contribution is 14.0. The molecule has 1 aliphatic heterocycles. The lowest BCUT2D eigenvalue weighted by Crippen LogP contribution is -2.49. The monoisotopic (exact) mass is 515 g/mol. The molecule has 1 heterocycles. The van der Waals surface area contributed by atoms with E-state index in [4.69, 9.17) is 5.73 Å². The van der Waals surface area contributed by atoms with Crippen molar-refractivity contribution in [2.45, 2.75) is 52.0 Å². The highest BCUT2D eigenvalue weighted by Gasteiger charge is 2.21. The number of unbranched alkanes of at least 4 members (excludes halogenated alkanes) is 5. The fourth-order valence-corrected chi connectivity index (χ4v) is 3.10. The van der Waals surface area contributed by atoms with E-state index >= 15 is 0 Å². The molecule has 0 aliphatic carbocycles. The van der Waals surface area contributed by atoms with Gasteiger partial charge in [0.2, 0.25) is 5.91 Å². The molecule has 0 atom stereocenters. The highest BCUT2D eigenvalue weighted by atomic mass is 127. The highest BCUT2D eigenvalue weighted by Crippen LogP contribution is 2.10. The van der Waals surface area contributed by atoms with E-state index in [9.17, 15) is 9.59 Å². The molecular formula is C21H34IN5O2. The third-order valence-electron chi connectivity index (χ3n) is 4.79. The van der Waals surface area contributed by atoms with Gasteiger partial charge >= 0.3 is 0 Å². The minimum atomic E-state index is -0.120. The third-order valence-corrected chi connectivity index (χ3v) is 4.79. The molecule has 1 aromatic rings. The first kappa shape index (κ1) is 25.2. The van der Waals surface area contributed by atoms with Crippen LogP contribution < -0.4 is 16.4 Å². The fraction of sp³-hybridized carbons (Fsp3) is 0.571. The molecule has 0 saturated carbocycles. The Morgan fingerprint density at radius 3 is 2.55 bits per heavy atom. The van der Waals surface area contributed by atoms with Gasteiger partial charge in [-0.2, -0.15) is 0 Å². The van der Waals surface area contributed by atoms with E-state index in [2.05, 4.69) is 22.5 Å². The van der Waals surface area contributed by atoms with Gasteiger partial charge in [0.15, 0.2) is 5.96 Å². The molecule has 0 aromatic heterocycles. The summed E-state index contributed by atoms with van der Waals surface area (Å²) in [5.74, 6) is 0.215. The largest absolute Gasteiger partial charge is 0.370 e. The lowest BCUT2D eigenvalue weighted by molar-refractivity contribution is -0.123. The first-order chi connectivity index (χ1) is 13.6. The van der Waals surface area contributed by atoms with Crippen LogP contribution in [0.2, 0.25) is 0 Å². The second-order valence-corrected chi connectivity index (χ2v) is 7.17. The minimum absolute atomic E-state index is 0. The molecule has 7 nitrogen and oxygen atoms in total. The van der Waals surface area contributed by atoms with E-state index < -0.39 is 0 Å². The number of hydrogen-bond donors (Lipinski definition) is 3. The molecule has 1 fully saturated rings. The number of hydrogen-bond acceptors (Lipinski definition) is 3. The Morgan fingerprint density at radius 2 is 1.86 bits per heavy atom. The molecule has 0 spiro atoms. The van der Waals surface area contributed by atoms with Gasteiger partial charge in [0.25, 0.3) is 5.91 Å². The van der Waals surface area contributed by atoms with Gasteiger partial charge in [-0.3, -0.25) is 9.59 Å². The van der Waals surface area contributed by atoms with E-state index in [-0.39, 0.29) is 42.3 Å². The number of nitrogens with one attached hydrogen (secondary N) is 2. The smallest absolute Gasteiger partial charge is 0.254 e. The number of carbonyl (C=O) groups excluding carboxylic acids is 2. The molecule has 2 rings (SSSR count). The van der Waals surface area contributed by atoms with Crippen molar-refractivity contribution in [2.75, 3.05) is 26.2 Å². The number of rotatable bonds is 10. The van der Waals surface area contributed by atoms with Crippen molar-refractivity contribution in [1.82, 2.24) is 15.5 Å². The van der Waals surface area contributed by atoms with E-state index in [1.807, 2.05) is 12.1 Å². The molecule has 29 heavy (non-hydrogen) atoms. The fourth-order valence-electron chi connectivity index (χ4n) is 3.10. The standard InChI is InChI=1S/C21H33N5O2.HI/c1-2-3-4-5-6-7-12-24-21(22)25-15-17-8-10-18(11-9-17)20(28)26-14-13-23-19(27)16-26;/h8-11H,2-7,12-16H2,1H3,(H,23,27)(H3,22,24,25);1H. The first-order valence-corrected chi connectivity index (χ1v) is 10.3. The van der Waals surface area contributed by atoms with Crippen molar-refractivity contribution in [3.63, 3.8) is 0 Å². The molecule has 0 radical (unpaired) electrons. The van der Waals surface area contributed by atoms with Crippen LogP contribution in [0.25, 0.3) is 0 Å². The molecule has 4 N–H and O–H groups in total. The molecule has 0 unspecified atom stereocenters. The van der Waals surface area contributed by atoms with Gasteiger partial charge in [0.1, 0.15) is 0 Å². The van der Waals surface area contributed by atoms with Gasteiger partial charge in [-0.05, 0) is 24.1 Å². The second kappa shape index (κ2) is 14.2. The van der Waals surface area contributed by atoms with Crippen LogP contribution in [0.1, 0.15) is 61.4 Å². The van der Waals surface area contributed by atoms with Gasteiger partial charge < -0.3 is 21.3 Å². The van der Waals surface area contributed by atoms with Crippen molar-refractivity contribution in [1.29, 1.82) is 0 Å². The Labute approximate surface area is 190 Å². The van der Waals surface area contributed by atoms with Crippen LogP contribution in [0.15, 0.2) is 29.3 Å². The van der Waals surface area contributed by atoms with Crippen molar-refractivity contribution in [2.24, 2.45) is 10.7 Å². The zero-order chi connectivity index (χ0) is 20.2. The Bertz CT molecular complexity index is 664. The number of halogens is 1. The first-order valence-electron chi connectivity index (χ1n) is 10.3. The van der Waals surface area contributed by atoms with Crippen molar-refractivity contribution in [3.05, 3.63) is 35.4 Å². The minimum Gasteiger partial charge on any atom is -0.370 e. The summed E-state index contributed by atoms with van der Waals surface area (Å²) in [7, 11) is 0. The topological polar surface area (TPSA) is 99.8 Å². The van der Waals surface area contributed by atoms with Crippen LogP contribution in [0.5, 0.6) is 0 Å². The Balaban J connectivity index is 0.00000420. The van der Waals surface area contributed by atoms with Crippen LogP contribution in [0.3, 0.4) is 0 Å². The summed E-state index contributed by atoms with van der Waals surface area (Å²) < 4.78 is 0. The second-order valence-electron chi connectivity index (χ2n) is 7.17. The Morgan fingerprint density at radius 1 is 1.17 bits per heavy atom. The van der Waals surface area contributed by atoms with E-state index in [1.54, 1.807) is 17.0 Å². The lowest BCUT2D eigenvalue weighted by atomic mass is 10.1. The maximum absolute atomic E-state index is 12.4. The molecular weight excluding hydrogens is 481 g/mol. The summed E-state index contributed by atoms with van der Waals surface area (Å²) in [5, 5.41) is 5.87. The van der Waals surface area contributed by atoms with Crippen molar-refractivity contribution in [3.8, 4) is 0 Å². The van der Waals surface area contributed by atoms with Crippen LogP contribution in [0.4, 0.5) is 0 Å². The number of guanidine groups is 1. The number of amides is 2. The van der Waals surface area contributed by atoms with Crippen LogP contribution in [-0.4, -0.2) is 48.9 Å². The number of nitrogens with two attached hydrogens (primary N) is 1. The summed E-state index contributed by atoms with van der Waals surface area (Å²) in [6.07, 6.45) is 7.49. The normalized spacial score (nSPS) is 14.2. The summed E-state index contributed by atoms with van der Waals surface area (Å²) in [6, 6.07) is 7.31. The molecule has 2 amide bonds. The van der Waals surface area contributed by atoms with E-state index in [1.165, 1.54) is 32.1 Å². The Hall–Kier alpha value is -1.84. The van der Waals surface area contributed by atoms with Crippen LogP contribution >= 0.6 is 24.0 Å². The SMILES string of the molecule is CCCCCCCCNC(N)=NCc1ccc(C(=O)N2CCNC(=O)C2)cc1.I. The number of benzene rings is 1. The average Bonchev–Trinajstić information content (AvgIpc) is 2.71. The molecule has 8 heteroatoms. The van der Waals surface area contributed by atoms with Gasteiger partial charge in [-0.25, -0.2) is 4.99 Å². The number of carbonyl (C=O) groups is 2. The van der Waals surface area contributed by atoms with E-state index in [0.29, 0.717) is 31.2 Å². The zero-order valence-corrected chi connectivity index (χ0v) is 19.6. The predicted octanol–water partition coefficient (Wildman–Crippen LogP) is 2.64.